The lowest BCUT2D eigenvalue weighted by Crippen LogP contribution is -2.65. The summed E-state index contributed by atoms with van der Waals surface area (Å²) in [6, 6.07) is -1.26. The highest BCUT2D eigenvalue weighted by molar-refractivity contribution is 14.1. The number of aliphatic hydroxyl groups excluding tert-OH is 1. The van der Waals surface area contributed by atoms with E-state index >= 15 is 0 Å². The molecule has 1 aromatic rings. The molecule has 0 unspecified atom stereocenters. The van der Waals surface area contributed by atoms with Crippen LogP contribution in [-0.4, -0.2) is 79.1 Å². The monoisotopic (exact) mass is 677 g/mol. The predicted octanol–water partition coefficient (Wildman–Crippen LogP) is -0.477. The summed E-state index contributed by atoms with van der Waals surface area (Å²) in [4.78, 5) is 47.2. The van der Waals surface area contributed by atoms with Crippen LogP contribution in [0, 0.1) is 7.14 Å². The number of aliphatic carboxylic acids is 3. The standard InChI is InChI=1S/C18H21I2N3O9/c19-8-3-6(4-9(20)12(8)24)14(26)22-10(15(27)28)5-7-1-2-18(23-7,17(31)32)13(25)11(21)16(29)30/h3-4,7,10-11,13,23-25H,1-2,5,21H2,(H,22,26)(H,27,28)(H,29,30)(H,31,32)/t7-,10+,11-,13+,18-/m1/s1. The second kappa shape index (κ2) is 10.4. The van der Waals surface area contributed by atoms with Gasteiger partial charge in [0.05, 0.1) is 7.14 Å². The number of aliphatic hydroxyl groups is 1. The van der Waals surface area contributed by atoms with Crippen molar-refractivity contribution in [1.29, 1.82) is 0 Å². The number of amides is 1. The minimum Gasteiger partial charge on any atom is -0.506 e. The number of benzene rings is 1. The third kappa shape index (κ3) is 5.59. The summed E-state index contributed by atoms with van der Waals surface area (Å²) in [5.41, 5.74) is 3.46. The molecule has 0 radical (unpaired) electrons. The van der Waals surface area contributed by atoms with Gasteiger partial charge in [0.2, 0.25) is 0 Å². The van der Waals surface area contributed by atoms with Gasteiger partial charge in [0.1, 0.15) is 29.5 Å². The normalized spacial score (nSPS) is 23.2. The molecule has 2 rings (SSSR count). The third-order valence-corrected chi connectivity index (χ3v) is 6.91. The lowest BCUT2D eigenvalue weighted by molar-refractivity contribution is -0.153. The first-order valence-electron chi connectivity index (χ1n) is 9.19. The fraction of sp³-hybridized carbons (Fsp3) is 0.444. The number of carbonyl (C=O) groups is 4. The van der Waals surface area contributed by atoms with Crippen LogP contribution in [0.5, 0.6) is 5.75 Å². The second-order valence-corrected chi connectivity index (χ2v) is 9.68. The van der Waals surface area contributed by atoms with Crippen LogP contribution in [0.4, 0.5) is 0 Å². The van der Waals surface area contributed by atoms with Gasteiger partial charge < -0.3 is 36.6 Å². The van der Waals surface area contributed by atoms with Gasteiger partial charge in [-0.3, -0.25) is 19.7 Å². The molecule has 1 saturated heterocycles. The van der Waals surface area contributed by atoms with E-state index in [-0.39, 0.29) is 30.6 Å². The number of nitrogens with one attached hydrogen (secondary N) is 2. The van der Waals surface area contributed by atoms with Gasteiger partial charge in [-0.15, -0.1) is 0 Å². The lowest BCUT2D eigenvalue weighted by Gasteiger charge is -2.33. The molecule has 0 aromatic heterocycles. The van der Waals surface area contributed by atoms with Gasteiger partial charge in [-0.2, -0.15) is 0 Å². The van der Waals surface area contributed by atoms with E-state index < -0.39 is 53.6 Å². The van der Waals surface area contributed by atoms with E-state index in [1.807, 2.05) is 45.2 Å². The maximum Gasteiger partial charge on any atom is 0.326 e. The van der Waals surface area contributed by atoms with Crippen molar-refractivity contribution in [3.63, 3.8) is 0 Å². The molecular formula is C18H21I2N3O9. The molecule has 0 bridgehead atoms. The summed E-state index contributed by atoms with van der Waals surface area (Å²) in [5.74, 6) is -5.18. The van der Waals surface area contributed by atoms with Crippen LogP contribution < -0.4 is 16.4 Å². The fourth-order valence-corrected chi connectivity index (χ4v) is 5.27. The zero-order valence-electron chi connectivity index (χ0n) is 16.3. The Balaban J connectivity index is 2.17. The highest BCUT2D eigenvalue weighted by Gasteiger charge is 2.54. The molecule has 1 heterocycles. The molecule has 0 saturated carbocycles. The van der Waals surface area contributed by atoms with Crippen LogP contribution in [-0.2, 0) is 14.4 Å². The molecule has 12 nitrogen and oxygen atoms in total. The number of carbonyl (C=O) groups excluding carboxylic acids is 1. The van der Waals surface area contributed by atoms with E-state index in [1.165, 1.54) is 12.1 Å². The molecule has 1 aliphatic heterocycles. The van der Waals surface area contributed by atoms with Gasteiger partial charge in [-0.05, 0) is 76.6 Å². The summed E-state index contributed by atoms with van der Waals surface area (Å²) in [5, 5.41) is 53.3. The van der Waals surface area contributed by atoms with Gasteiger partial charge in [-0.25, -0.2) is 4.79 Å². The highest BCUT2D eigenvalue weighted by atomic mass is 127. The van der Waals surface area contributed by atoms with Crippen molar-refractivity contribution in [3.8, 4) is 5.75 Å². The predicted molar refractivity (Wildman–Crippen MR) is 125 cm³/mol. The van der Waals surface area contributed by atoms with Crippen LogP contribution in [0.25, 0.3) is 0 Å². The first-order chi connectivity index (χ1) is 14.8. The summed E-state index contributed by atoms with van der Waals surface area (Å²) >= 11 is 3.66. The number of hydrogen-bond acceptors (Lipinski definition) is 8. The molecule has 5 atom stereocenters. The largest absolute Gasteiger partial charge is 0.506 e. The molecule has 1 aliphatic rings. The molecule has 176 valence electrons. The summed E-state index contributed by atoms with van der Waals surface area (Å²) in [6.45, 7) is 0. The Morgan fingerprint density at radius 2 is 1.72 bits per heavy atom. The van der Waals surface area contributed by atoms with E-state index in [0.717, 1.165) is 0 Å². The second-order valence-electron chi connectivity index (χ2n) is 7.35. The lowest BCUT2D eigenvalue weighted by atomic mass is 9.86. The molecule has 32 heavy (non-hydrogen) atoms. The van der Waals surface area contributed by atoms with Crippen LogP contribution in [0.1, 0.15) is 29.6 Å². The Kier molecular flexibility index (Phi) is 8.65. The third-order valence-electron chi connectivity index (χ3n) is 5.26. The smallest absolute Gasteiger partial charge is 0.326 e. The molecule has 0 aliphatic carbocycles. The number of halogens is 2. The number of hydrogen-bond donors (Lipinski definition) is 8. The van der Waals surface area contributed by atoms with Crippen molar-refractivity contribution >= 4 is 69.0 Å². The molecule has 1 fully saturated rings. The Labute approximate surface area is 208 Å². The Morgan fingerprint density at radius 1 is 1.16 bits per heavy atom. The molecule has 1 aromatic carbocycles. The molecule has 14 heteroatoms. The van der Waals surface area contributed by atoms with Gasteiger partial charge in [-0.1, -0.05) is 0 Å². The van der Waals surface area contributed by atoms with E-state index in [4.69, 9.17) is 10.8 Å². The SMILES string of the molecule is N[C@@H](C(=O)O)[C@H](O)[C@@]1(C(=O)O)CC[C@H](C[C@H](NC(=O)c2cc(I)c(O)c(I)c2)C(=O)O)N1. The van der Waals surface area contributed by atoms with E-state index in [2.05, 4.69) is 10.6 Å². The summed E-state index contributed by atoms with van der Waals surface area (Å²) in [7, 11) is 0. The average molecular weight is 677 g/mol. The summed E-state index contributed by atoms with van der Waals surface area (Å²) in [6.07, 6.45) is -2.28. The van der Waals surface area contributed by atoms with Crippen molar-refractivity contribution in [3.05, 3.63) is 24.8 Å². The van der Waals surface area contributed by atoms with Crippen molar-refractivity contribution in [2.24, 2.45) is 5.73 Å². The number of carboxylic acids is 3. The molecule has 9 N–H and O–H groups in total. The van der Waals surface area contributed by atoms with Crippen molar-refractivity contribution in [1.82, 2.24) is 10.6 Å². The van der Waals surface area contributed by atoms with Crippen LogP contribution in [0.2, 0.25) is 0 Å². The van der Waals surface area contributed by atoms with E-state index in [1.54, 1.807) is 0 Å². The first-order valence-corrected chi connectivity index (χ1v) is 11.3. The quantitative estimate of drug-likeness (QED) is 0.156. The fourth-order valence-electron chi connectivity index (χ4n) is 3.50. The van der Waals surface area contributed by atoms with Crippen LogP contribution in [0.3, 0.4) is 0 Å². The zero-order valence-corrected chi connectivity index (χ0v) is 20.6. The minimum atomic E-state index is -2.07. The molecule has 1 amide bonds. The Bertz CT molecular complexity index is 921. The Hall–Kier alpha value is -1.76. The first kappa shape index (κ1) is 26.5. The van der Waals surface area contributed by atoms with E-state index in [0.29, 0.717) is 7.14 Å². The summed E-state index contributed by atoms with van der Waals surface area (Å²) < 4.78 is 0.804. The number of phenolic OH excluding ortho intramolecular Hbond substituents is 1. The van der Waals surface area contributed by atoms with Gasteiger partial charge >= 0.3 is 17.9 Å². The minimum absolute atomic E-state index is 0.00386. The van der Waals surface area contributed by atoms with Crippen molar-refractivity contribution in [2.45, 2.75) is 49.0 Å². The maximum atomic E-state index is 12.6. The molecular weight excluding hydrogens is 656 g/mol. The number of rotatable bonds is 9. The zero-order chi connectivity index (χ0) is 24.4. The van der Waals surface area contributed by atoms with Crippen molar-refractivity contribution in [2.75, 3.05) is 0 Å². The van der Waals surface area contributed by atoms with Crippen LogP contribution in [0.15, 0.2) is 12.1 Å². The molecule has 0 spiro atoms. The van der Waals surface area contributed by atoms with Crippen LogP contribution >= 0.6 is 45.2 Å². The van der Waals surface area contributed by atoms with Gasteiger partial charge in [0.25, 0.3) is 5.91 Å². The van der Waals surface area contributed by atoms with Gasteiger partial charge in [0.15, 0.2) is 0 Å². The number of carboxylic acid groups (broad SMARTS) is 3. The van der Waals surface area contributed by atoms with Crippen molar-refractivity contribution < 1.29 is 44.7 Å². The van der Waals surface area contributed by atoms with Gasteiger partial charge in [0, 0.05) is 11.6 Å². The highest BCUT2D eigenvalue weighted by Crippen LogP contribution is 2.31. The maximum absolute atomic E-state index is 12.6. The average Bonchev–Trinajstić information content (AvgIpc) is 3.15. The topological polar surface area (TPSA) is 220 Å². The Morgan fingerprint density at radius 3 is 2.19 bits per heavy atom. The number of phenols is 1. The number of aromatic hydroxyl groups is 1. The van der Waals surface area contributed by atoms with E-state index in [9.17, 15) is 39.6 Å². The number of nitrogens with two attached hydrogens (primary N) is 1.